The van der Waals surface area contributed by atoms with Crippen LogP contribution in [0.25, 0.3) is 32.3 Å². The molecule has 0 radical (unpaired) electrons. The van der Waals surface area contributed by atoms with Crippen LogP contribution in [-0.2, 0) is 27.9 Å². The van der Waals surface area contributed by atoms with Crippen LogP contribution in [0.3, 0.4) is 0 Å². The number of nitrogens with one attached hydrogen (secondary N) is 2. The summed E-state index contributed by atoms with van der Waals surface area (Å²) in [6.07, 6.45) is 2.83. The van der Waals surface area contributed by atoms with Crippen molar-refractivity contribution < 1.29 is 23.4 Å². The number of hydrogen-bond donors (Lipinski definition) is 4. The summed E-state index contributed by atoms with van der Waals surface area (Å²) in [5.74, 6) is -0.224. The molecule has 0 saturated heterocycles. The van der Waals surface area contributed by atoms with E-state index in [9.17, 15) is 13.2 Å². The first-order chi connectivity index (χ1) is 19.9. The largest absolute Gasteiger partial charge is 0.395 e. The van der Waals surface area contributed by atoms with Gasteiger partial charge in [0.05, 0.1) is 30.0 Å². The second kappa shape index (κ2) is 12.9. The Morgan fingerprint density at radius 2 is 1.54 bits per heavy atom. The number of aromatic nitrogens is 3. The number of hydrogen-bond acceptors (Lipinski definition) is 8. The standard InChI is InChI=1S/C29H34N6O5S/c36-16-14-34(15-17-37)18-24-19-35(33-32-24)20-27(38)30-12-1-2-13-31-41(39,40)26-11-9-23-7-6-21-4-3-5-22-8-10-25(26)29(23)28(21)22/h3-11,19,31,36-37H,1-2,12-18,20H2,(H,30,38). The van der Waals surface area contributed by atoms with Gasteiger partial charge in [0.1, 0.15) is 6.54 Å². The van der Waals surface area contributed by atoms with E-state index in [-0.39, 0.29) is 37.1 Å². The highest BCUT2D eigenvalue weighted by Crippen LogP contribution is 2.37. The third-order valence-electron chi connectivity index (χ3n) is 7.11. The van der Waals surface area contributed by atoms with E-state index in [1.165, 1.54) is 4.68 Å². The molecule has 11 nitrogen and oxygen atoms in total. The van der Waals surface area contributed by atoms with Crippen molar-refractivity contribution in [3.63, 3.8) is 0 Å². The van der Waals surface area contributed by atoms with Crippen molar-refractivity contribution in [3.05, 3.63) is 66.5 Å². The molecular weight excluding hydrogens is 544 g/mol. The first kappa shape index (κ1) is 28.8. The summed E-state index contributed by atoms with van der Waals surface area (Å²) in [5, 5.41) is 35.0. The second-order valence-electron chi connectivity index (χ2n) is 10.0. The number of amides is 1. The molecule has 0 unspecified atom stereocenters. The van der Waals surface area contributed by atoms with Crippen LogP contribution in [0.5, 0.6) is 0 Å². The van der Waals surface area contributed by atoms with Gasteiger partial charge in [0.2, 0.25) is 15.9 Å². The van der Waals surface area contributed by atoms with Gasteiger partial charge in [0.25, 0.3) is 0 Å². The molecule has 1 heterocycles. The van der Waals surface area contributed by atoms with Crippen molar-refractivity contribution in [3.8, 4) is 0 Å². The molecule has 1 amide bonds. The van der Waals surface area contributed by atoms with E-state index in [1.54, 1.807) is 12.3 Å². The minimum atomic E-state index is -3.73. The van der Waals surface area contributed by atoms with E-state index in [2.05, 4.69) is 26.4 Å². The van der Waals surface area contributed by atoms with E-state index in [0.29, 0.717) is 50.1 Å². The van der Waals surface area contributed by atoms with Gasteiger partial charge < -0.3 is 15.5 Å². The van der Waals surface area contributed by atoms with Gasteiger partial charge in [-0.1, -0.05) is 53.7 Å². The van der Waals surface area contributed by atoms with E-state index >= 15 is 0 Å². The number of aliphatic hydroxyl groups is 2. The number of sulfonamides is 1. The quantitative estimate of drug-likeness (QED) is 0.109. The molecule has 0 atom stereocenters. The van der Waals surface area contributed by atoms with Crippen LogP contribution in [-0.4, -0.2) is 83.8 Å². The molecule has 0 saturated carbocycles. The SMILES string of the molecule is O=C(Cn1cc(CN(CCO)CCO)nn1)NCCCCNS(=O)(=O)c1ccc2ccc3cccc4ccc1c2c34. The molecule has 0 fully saturated rings. The summed E-state index contributed by atoms with van der Waals surface area (Å²) in [6, 6.07) is 17.5. The number of benzene rings is 4. The molecule has 12 heteroatoms. The number of carbonyl (C=O) groups is 1. The third kappa shape index (κ3) is 6.63. The monoisotopic (exact) mass is 578 g/mol. The molecule has 0 aliphatic carbocycles. The van der Waals surface area contributed by atoms with E-state index in [0.717, 1.165) is 26.9 Å². The van der Waals surface area contributed by atoms with Crippen molar-refractivity contribution in [1.29, 1.82) is 0 Å². The minimum absolute atomic E-state index is 0.00822. The Balaban J connectivity index is 1.10. The van der Waals surface area contributed by atoms with E-state index in [1.807, 2.05) is 47.4 Å². The zero-order valence-corrected chi connectivity index (χ0v) is 23.5. The summed E-state index contributed by atoms with van der Waals surface area (Å²) in [6.45, 7) is 1.83. The lowest BCUT2D eigenvalue weighted by Crippen LogP contribution is -2.30. The highest BCUT2D eigenvalue weighted by molar-refractivity contribution is 7.89. The number of aliphatic hydroxyl groups excluding tert-OH is 2. The van der Waals surface area contributed by atoms with Crippen LogP contribution in [0.1, 0.15) is 18.5 Å². The zero-order valence-electron chi connectivity index (χ0n) is 22.7. The zero-order chi connectivity index (χ0) is 28.8. The predicted octanol–water partition coefficient (Wildman–Crippen LogP) is 1.84. The first-order valence-electron chi connectivity index (χ1n) is 13.7. The number of rotatable bonds is 15. The maximum absolute atomic E-state index is 13.2. The molecule has 41 heavy (non-hydrogen) atoms. The summed E-state index contributed by atoms with van der Waals surface area (Å²) < 4.78 is 30.6. The van der Waals surface area contributed by atoms with Crippen LogP contribution in [0.2, 0.25) is 0 Å². The average molecular weight is 579 g/mol. The van der Waals surface area contributed by atoms with Gasteiger partial charge in [0, 0.05) is 38.1 Å². The fraction of sp³-hybridized carbons (Fsp3) is 0.345. The van der Waals surface area contributed by atoms with Crippen LogP contribution in [0.4, 0.5) is 0 Å². The van der Waals surface area contributed by atoms with Gasteiger partial charge in [0.15, 0.2) is 0 Å². The van der Waals surface area contributed by atoms with Crippen LogP contribution >= 0.6 is 0 Å². The smallest absolute Gasteiger partial charge is 0.241 e. The minimum Gasteiger partial charge on any atom is -0.395 e. The van der Waals surface area contributed by atoms with Gasteiger partial charge >= 0.3 is 0 Å². The predicted molar refractivity (Wildman–Crippen MR) is 157 cm³/mol. The van der Waals surface area contributed by atoms with Crippen LogP contribution in [0, 0.1) is 0 Å². The van der Waals surface area contributed by atoms with Crippen molar-refractivity contribution in [2.75, 3.05) is 39.4 Å². The van der Waals surface area contributed by atoms with Crippen molar-refractivity contribution >= 4 is 48.2 Å². The van der Waals surface area contributed by atoms with Gasteiger partial charge in [-0.3, -0.25) is 9.69 Å². The van der Waals surface area contributed by atoms with Crippen molar-refractivity contribution in [1.82, 2.24) is 29.9 Å². The maximum atomic E-state index is 13.2. The highest BCUT2D eigenvalue weighted by Gasteiger charge is 2.19. The Kier molecular flexibility index (Phi) is 9.06. The fourth-order valence-electron chi connectivity index (χ4n) is 5.18. The van der Waals surface area contributed by atoms with Gasteiger partial charge in [-0.05, 0) is 45.8 Å². The lowest BCUT2D eigenvalue weighted by Gasteiger charge is -2.18. The maximum Gasteiger partial charge on any atom is 0.241 e. The molecule has 4 aromatic carbocycles. The third-order valence-corrected chi connectivity index (χ3v) is 8.62. The summed E-state index contributed by atoms with van der Waals surface area (Å²) in [4.78, 5) is 14.4. The first-order valence-corrected chi connectivity index (χ1v) is 15.1. The molecule has 216 valence electrons. The van der Waals surface area contributed by atoms with Gasteiger partial charge in [-0.15, -0.1) is 5.10 Å². The normalized spacial score (nSPS) is 12.3. The fourth-order valence-corrected chi connectivity index (χ4v) is 6.45. The van der Waals surface area contributed by atoms with E-state index < -0.39 is 10.0 Å². The molecule has 0 bridgehead atoms. The number of unbranched alkanes of at least 4 members (excludes halogenated alkanes) is 1. The van der Waals surface area contributed by atoms with Crippen LogP contribution < -0.4 is 10.0 Å². The summed E-state index contributed by atoms with van der Waals surface area (Å²) in [5.41, 5.74) is 0.636. The molecule has 0 aliphatic heterocycles. The van der Waals surface area contributed by atoms with Crippen LogP contribution in [0.15, 0.2) is 65.7 Å². The summed E-state index contributed by atoms with van der Waals surface area (Å²) >= 11 is 0. The topological polar surface area (TPSA) is 150 Å². The lowest BCUT2D eigenvalue weighted by atomic mass is 9.94. The van der Waals surface area contributed by atoms with Crippen molar-refractivity contribution in [2.24, 2.45) is 0 Å². The summed E-state index contributed by atoms with van der Waals surface area (Å²) in [7, 11) is -3.73. The Bertz CT molecular complexity index is 1720. The molecule has 5 rings (SSSR count). The molecule has 4 N–H and O–H groups in total. The Morgan fingerprint density at radius 3 is 2.27 bits per heavy atom. The van der Waals surface area contributed by atoms with Gasteiger partial charge in [-0.2, -0.15) is 0 Å². The highest BCUT2D eigenvalue weighted by atomic mass is 32.2. The molecule has 1 aromatic heterocycles. The Morgan fingerprint density at radius 1 is 0.878 bits per heavy atom. The second-order valence-corrected chi connectivity index (χ2v) is 11.7. The molecule has 0 spiro atoms. The number of nitrogens with zero attached hydrogens (tertiary/aromatic N) is 4. The van der Waals surface area contributed by atoms with Crippen molar-refractivity contribution in [2.45, 2.75) is 30.8 Å². The average Bonchev–Trinajstić information content (AvgIpc) is 3.40. The Labute approximate surface area is 238 Å². The van der Waals surface area contributed by atoms with Gasteiger partial charge in [-0.25, -0.2) is 17.8 Å². The molecular formula is C29H34N6O5S. The Hall–Kier alpha value is -3.68. The lowest BCUT2D eigenvalue weighted by molar-refractivity contribution is -0.121. The molecule has 5 aromatic rings. The number of carbonyl (C=O) groups excluding carboxylic acids is 1. The van der Waals surface area contributed by atoms with E-state index in [4.69, 9.17) is 10.2 Å². The molecule has 0 aliphatic rings.